The number of hydrogen-bond donors (Lipinski definition) is 3. The van der Waals surface area contributed by atoms with Crippen molar-refractivity contribution in [1.29, 1.82) is 0 Å². The van der Waals surface area contributed by atoms with E-state index < -0.39 is 11.8 Å². The quantitative estimate of drug-likeness (QED) is 0.281. The smallest absolute Gasteiger partial charge is 0.329 e. The van der Waals surface area contributed by atoms with Gasteiger partial charge >= 0.3 is 11.8 Å². The van der Waals surface area contributed by atoms with Crippen LogP contribution in [-0.4, -0.2) is 43.2 Å². The van der Waals surface area contributed by atoms with E-state index in [9.17, 15) is 14.4 Å². The van der Waals surface area contributed by atoms with E-state index in [0.717, 1.165) is 16.8 Å². The number of ether oxygens (including phenoxy) is 2. The predicted octanol–water partition coefficient (Wildman–Crippen LogP) is 3.08. The molecule has 0 heterocycles. The van der Waals surface area contributed by atoms with Crippen LogP contribution in [0.5, 0.6) is 11.5 Å². The van der Waals surface area contributed by atoms with E-state index in [-0.39, 0.29) is 18.6 Å². The van der Waals surface area contributed by atoms with E-state index in [1.165, 1.54) is 6.21 Å². The molecule has 1 atom stereocenters. The van der Waals surface area contributed by atoms with Crippen LogP contribution in [0.4, 0.5) is 5.69 Å². The van der Waals surface area contributed by atoms with E-state index in [0.29, 0.717) is 30.1 Å². The molecule has 0 saturated carbocycles. The summed E-state index contributed by atoms with van der Waals surface area (Å²) < 4.78 is 11.3. The molecule has 9 heteroatoms. The first kappa shape index (κ1) is 26.4. The Morgan fingerprint density at radius 1 is 1.03 bits per heavy atom. The number of rotatable bonds is 10. The highest BCUT2D eigenvalue weighted by Gasteiger charge is 2.14. The summed E-state index contributed by atoms with van der Waals surface area (Å²) in [6.07, 6.45) is 2.10. The van der Waals surface area contributed by atoms with Crippen LogP contribution in [0.1, 0.15) is 43.9 Å². The minimum absolute atomic E-state index is 0.105. The average Bonchev–Trinajstić information content (AvgIpc) is 2.81. The summed E-state index contributed by atoms with van der Waals surface area (Å²) in [6, 6.07) is 10.6. The second-order valence-corrected chi connectivity index (χ2v) is 7.71. The second-order valence-electron chi connectivity index (χ2n) is 7.71. The summed E-state index contributed by atoms with van der Waals surface area (Å²) in [4.78, 5) is 35.9. The second kappa shape index (κ2) is 13.0. The molecule has 0 aliphatic rings. The summed E-state index contributed by atoms with van der Waals surface area (Å²) in [6.45, 7) is 9.66. The fourth-order valence-corrected chi connectivity index (χ4v) is 2.82. The van der Waals surface area contributed by atoms with E-state index in [2.05, 4.69) is 21.2 Å². The zero-order chi connectivity index (χ0) is 25.1. The van der Waals surface area contributed by atoms with Crippen LogP contribution in [0.2, 0.25) is 0 Å². The Bertz CT molecular complexity index is 1050. The maximum Gasteiger partial charge on any atom is 0.329 e. The molecule has 9 nitrogen and oxygen atoms in total. The van der Waals surface area contributed by atoms with Crippen molar-refractivity contribution in [2.45, 2.75) is 47.1 Å². The molecule has 3 N–H and O–H groups in total. The zero-order valence-corrected chi connectivity index (χ0v) is 20.2. The zero-order valence-electron chi connectivity index (χ0n) is 20.2. The monoisotopic (exact) mass is 468 g/mol. The lowest BCUT2D eigenvalue weighted by Crippen LogP contribution is -2.41. The van der Waals surface area contributed by atoms with Gasteiger partial charge in [-0.05, 0) is 75.1 Å². The normalized spacial score (nSPS) is 11.6. The van der Waals surface area contributed by atoms with Crippen molar-refractivity contribution in [3.8, 4) is 11.5 Å². The Kier molecular flexibility index (Phi) is 10.1. The maximum absolute atomic E-state index is 12.4. The average molecular weight is 469 g/mol. The van der Waals surface area contributed by atoms with E-state index in [4.69, 9.17) is 9.47 Å². The molecule has 2 rings (SSSR count). The Morgan fingerprint density at radius 2 is 1.79 bits per heavy atom. The topological polar surface area (TPSA) is 118 Å². The maximum atomic E-state index is 12.4. The Hall–Kier alpha value is -3.88. The first-order chi connectivity index (χ1) is 16.2. The van der Waals surface area contributed by atoms with Gasteiger partial charge in [-0.2, -0.15) is 5.10 Å². The molecule has 0 spiro atoms. The third kappa shape index (κ3) is 7.91. The molecule has 182 valence electrons. The Labute approximate surface area is 199 Å². The van der Waals surface area contributed by atoms with Crippen molar-refractivity contribution >= 4 is 29.6 Å². The molecule has 0 aromatic heterocycles. The van der Waals surface area contributed by atoms with Crippen molar-refractivity contribution in [1.82, 2.24) is 10.7 Å². The number of aryl methyl sites for hydroxylation is 1. The summed E-state index contributed by atoms with van der Waals surface area (Å²) >= 11 is 0. The van der Waals surface area contributed by atoms with Crippen LogP contribution in [0.3, 0.4) is 0 Å². The number of amides is 3. The molecule has 0 radical (unpaired) electrons. The summed E-state index contributed by atoms with van der Waals surface area (Å²) in [5.41, 5.74) is 5.63. The van der Waals surface area contributed by atoms with Crippen molar-refractivity contribution in [3.63, 3.8) is 0 Å². The van der Waals surface area contributed by atoms with Gasteiger partial charge in [0.2, 0.25) is 0 Å². The molecule has 0 bridgehead atoms. The van der Waals surface area contributed by atoms with Crippen LogP contribution in [0, 0.1) is 13.8 Å². The third-order valence-corrected chi connectivity index (χ3v) is 5.08. The third-order valence-electron chi connectivity index (χ3n) is 5.08. The molecule has 0 unspecified atom stereocenters. The summed E-state index contributed by atoms with van der Waals surface area (Å²) in [7, 11) is 0. The molecular weight excluding hydrogens is 436 g/mol. The van der Waals surface area contributed by atoms with Crippen molar-refractivity contribution < 1.29 is 23.9 Å². The van der Waals surface area contributed by atoms with E-state index in [1.54, 1.807) is 25.1 Å². The van der Waals surface area contributed by atoms with Crippen molar-refractivity contribution in [2.75, 3.05) is 18.5 Å². The predicted molar refractivity (Wildman–Crippen MR) is 131 cm³/mol. The molecule has 2 aromatic carbocycles. The highest BCUT2D eigenvalue weighted by Crippen LogP contribution is 2.28. The minimum atomic E-state index is -0.851. The van der Waals surface area contributed by atoms with Gasteiger partial charge in [-0.25, -0.2) is 5.43 Å². The molecule has 34 heavy (non-hydrogen) atoms. The van der Waals surface area contributed by atoms with E-state index >= 15 is 0 Å². The van der Waals surface area contributed by atoms with Gasteiger partial charge in [0.15, 0.2) is 18.1 Å². The number of hydrazone groups is 1. The van der Waals surface area contributed by atoms with Crippen molar-refractivity contribution in [2.24, 2.45) is 5.10 Å². The minimum Gasteiger partial charge on any atom is -0.490 e. The molecule has 0 aliphatic heterocycles. The van der Waals surface area contributed by atoms with Crippen molar-refractivity contribution in [3.05, 3.63) is 53.1 Å². The summed E-state index contributed by atoms with van der Waals surface area (Å²) in [5.74, 6) is -1.07. The number of anilines is 1. The summed E-state index contributed by atoms with van der Waals surface area (Å²) in [5, 5.41) is 9.23. The lowest BCUT2D eigenvalue weighted by molar-refractivity contribution is -0.139. The molecule has 0 fully saturated rings. The van der Waals surface area contributed by atoms with Gasteiger partial charge in [0.1, 0.15) is 0 Å². The number of nitrogens with zero attached hydrogens (tertiary/aromatic N) is 1. The first-order valence-electron chi connectivity index (χ1n) is 11.1. The van der Waals surface area contributed by atoms with Crippen LogP contribution in [-0.2, 0) is 14.4 Å². The van der Waals surface area contributed by atoms with Gasteiger partial charge in [0.25, 0.3) is 5.91 Å². The van der Waals surface area contributed by atoms with Crippen LogP contribution >= 0.6 is 0 Å². The lowest BCUT2D eigenvalue weighted by atomic mass is 10.1. The molecule has 3 amide bonds. The largest absolute Gasteiger partial charge is 0.490 e. The van der Waals surface area contributed by atoms with E-state index in [1.807, 2.05) is 45.9 Å². The van der Waals surface area contributed by atoms with Gasteiger partial charge in [-0.1, -0.05) is 19.1 Å². The van der Waals surface area contributed by atoms with Gasteiger partial charge in [0, 0.05) is 11.7 Å². The van der Waals surface area contributed by atoms with Gasteiger partial charge in [-0.3, -0.25) is 14.4 Å². The Balaban J connectivity index is 1.98. The molecule has 2 aromatic rings. The Morgan fingerprint density at radius 3 is 2.50 bits per heavy atom. The van der Waals surface area contributed by atoms with Crippen LogP contribution in [0.15, 0.2) is 41.5 Å². The number of nitrogens with one attached hydrogen (secondary N) is 3. The molecule has 0 aliphatic carbocycles. The lowest BCUT2D eigenvalue weighted by Gasteiger charge is -2.14. The SMILES string of the molecule is CCOc1cc(/C=N\NC(=O)C(=O)N[C@H](C)CC)ccc1OCC(=O)Nc1cccc(C)c1C. The highest BCUT2D eigenvalue weighted by molar-refractivity contribution is 6.35. The molecular formula is C25H32N4O5. The van der Waals surface area contributed by atoms with Gasteiger partial charge < -0.3 is 20.1 Å². The van der Waals surface area contributed by atoms with Gasteiger partial charge in [0.05, 0.1) is 12.8 Å². The fraction of sp³-hybridized carbons (Fsp3) is 0.360. The fourth-order valence-electron chi connectivity index (χ4n) is 2.82. The number of carbonyl (C=O) groups excluding carboxylic acids is 3. The standard InChI is InChI=1S/C25H32N4O5/c1-6-17(4)27-24(31)25(32)29-26-14-19-11-12-21(22(13-19)33-7-2)34-15-23(30)28-20-10-8-9-16(3)18(20)5/h8-14,17H,6-7,15H2,1-5H3,(H,27,31)(H,28,30)(H,29,32)/b26-14-/t17-/m1/s1. The number of carbonyl (C=O) groups is 3. The number of benzene rings is 2. The number of hydrogen-bond acceptors (Lipinski definition) is 6. The highest BCUT2D eigenvalue weighted by atomic mass is 16.5. The van der Waals surface area contributed by atoms with Crippen LogP contribution in [0.25, 0.3) is 0 Å². The molecule has 0 saturated heterocycles. The van der Waals surface area contributed by atoms with Gasteiger partial charge in [-0.15, -0.1) is 0 Å². The van der Waals surface area contributed by atoms with Crippen LogP contribution < -0.4 is 25.5 Å². The first-order valence-corrected chi connectivity index (χ1v) is 11.1.